The Bertz CT molecular complexity index is 1160. The van der Waals surface area contributed by atoms with Crippen molar-refractivity contribution >= 4 is 34.1 Å². The minimum Gasteiger partial charge on any atom is -0.398 e. The number of carbonyl (C=O) groups is 2. The number of nitrogens with two attached hydrogens (primary N) is 1. The van der Waals surface area contributed by atoms with Gasteiger partial charge < -0.3 is 16.4 Å². The van der Waals surface area contributed by atoms with Gasteiger partial charge in [-0.3, -0.25) is 14.6 Å². The van der Waals surface area contributed by atoms with Crippen LogP contribution in [0.2, 0.25) is 0 Å². The third kappa shape index (κ3) is 4.30. The summed E-state index contributed by atoms with van der Waals surface area (Å²) in [6.07, 6.45) is 5.03. The molecule has 0 spiro atoms. The lowest BCUT2D eigenvalue weighted by Crippen LogP contribution is -2.47. The van der Waals surface area contributed by atoms with E-state index in [1.807, 2.05) is 31.2 Å². The van der Waals surface area contributed by atoms with Gasteiger partial charge in [0, 0.05) is 35.2 Å². The maximum atomic E-state index is 12.1. The summed E-state index contributed by atoms with van der Waals surface area (Å²) < 4.78 is 0. The number of nitrogen functional groups attached to an aromatic ring is 1. The van der Waals surface area contributed by atoms with Crippen LogP contribution >= 0.6 is 0 Å². The molecule has 8 heteroatoms. The number of amides is 2. The van der Waals surface area contributed by atoms with Gasteiger partial charge in [-0.1, -0.05) is 0 Å². The van der Waals surface area contributed by atoms with E-state index in [0.717, 1.165) is 27.5 Å². The molecule has 0 radical (unpaired) electrons. The summed E-state index contributed by atoms with van der Waals surface area (Å²) in [6.45, 7) is 4.98. The number of fused-ring (bicyclic) bond motifs is 1. The molecule has 8 nitrogen and oxygen atoms in total. The number of nitrogens with one attached hydrogen (secondary N) is 2. The van der Waals surface area contributed by atoms with E-state index in [0.29, 0.717) is 5.69 Å². The minimum atomic E-state index is -1.16. The molecular weight excluding hydrogens is 368 g/mol. The lowest BCUT2D eigenvalue weighted by molar-refractivity contribution is -0.136. The zero-order valence-corrected chi connectivity index (χ0v) is 16.3. The highest BCUT2D eigenvalue weighted by molar-refractivity contribution is 6.39. The third-order valence-electron chi connectivity index (χ3n) is 4.37. The van der Waals surface area contributed by atoms with Gasteiger partial charge in [0.2, 0.25) is 0 Å². The van der Waals surface area contributed by atoms with Crippen LogP contribution in [0.3, 0.4) is 0 Å². The van der Waals surface area contributed by atoms with E-state index < -0.39 is 17.4 Å². The number of carbonyl (C=O) groups excluding carboxylic acids is 2. The zero-order chi connectivity index (χ0) is 21.2. The molecule has 0 aliphatic carbocycles. The van der Waals surface area contributed by atoms with Crippen molar-refractivity contribution in [3.8, 4) is 17.2 Å². The predicted molar refractivity (Wildman–Crippen MR) is 111 cm³/mol. The van der Waals surface area contributed by atoms with Crippen LogP contribution in [0.4, 0.5) is 11.5 Å². The monoisotopic (exact) mass is 388 g/mol. The SMILES string of the molecule is Cc1ccncc1-c1cc(N)c2cnc(NC(=O)C(=O)NC(C)(C)C#N)cc2c1. The van der Waals surface area contributed by atoms with Crippen molar-refractivity contribution < 1.29 is 9.59 Å². The molecule has 29 heavy (non-hydrogen) atoms. The topological polar surface area (TPSA) is 134 Å². The number of aryl methyl sites for hydroxylation is 1. The van der Waals surface area contributed by atoms with Crippen LogP contribution in [0.5, 0.6) is 0 Å². The first-order valence-electron chi connectivity index (χ1n) is 8.85. The Kier molecular flexibility index (Phi) is 5.15. The van der Waals surface area contributed by atoms with Crippen LogP contribution in [-0.2, 0) is 9.59 Å². The van der Waals surface area contributed by atoms with E-state index in [9.17, 15) is 9.59 Å². The molecule has 3 aromatic rings. The summed E-state index contributed by atoms with van der Waals surface area (Å²) in [4.78, 5) is 32.4. The number of nitriles is 1. The van der Waals surface area contributed by atoms with Gasteiger partial charge in [-0.25, -0.2) is 4.98 Å². The van der Waals surface area contributed by atoms with Crippen LogP contribution in [-0.4, -0.2) is 27.3 Å². The number of aromatic nitrogens is 2. The average Bonchev–Trinajstić information content (AvgIpc) is 2.67. The van der Waals surface area contributed by atoms with Gasteiger partial charge in [0.25, 0.3) is 0 Å². The Morgan fingerprint density at radius 1 is 1.17 bits per heavy atom. The van der Waals surface area contributed by atoms with Crippen molar-refractivity contribution in [2.75, 3.05) is 11.1 Å². The van der Waals surface area contributed by atoms with Gasteiger partial charge in [-0.05, 0) is 61.5 Å². The Morgan fingerprint density at radius 2 is 1.93 bits per heavy atom. The van der Waals surface area contributed by atoms with Crippen molar-refractivity contribution in [2.24, 2.45) is 0 Å². The predicted octanol–water partition coefficient (Wildman–Crippen LogP) is 2.54. The number of anilines is 2. The molecule has 0 saturated heterocycles. The van der Waals surface area contributed by atoms with Crippen LogP contribution in [0.15, 0.2) is 42.9 Å². The second kappa shape index (κ2) is 7.56. The number of pyridine rings is 2. The fraction of sp³-hybridized carbons (Fsp3) is 0.190. The van der Waals surface area contributed by atoms with Crippen molar-refractivity contribution in [1.82, 2.24) is 15.3 Å². The molecule has 4 N–H and O–H groups in total. The standard InChI is InChI=1S/C21H20N6O2/c1-12-4-5-24-9-15(12)13-6-14-8-18(25-10-16(14)17(23)7-13)26-19(28)20(29)27-21(2,3)11-22/h4-10H,23H2,1-3H3,(H,27,29)(H,25,26,28). The summed E-state index contributed by atoms with van der Waals surface area (Å²) in [5, 5.41) is 15.2. The van der Waals surface area contributed by atoms with E-state index in [-0.39, 0.29) is 5.82 Å². The molecule has 2 aromatic heterocycles. The highest BCUT2D eigenvalue weighted by Gasteiger charge is 2.24. The lowest BCUT2D eigenvalue weighted by atomic mass is 9.99. The molecule has 3 rings (SSSR count). The van der Waals surface area contributed by atoms with Crippen molar-refractivity contribution in [3.63, 3.8) is 0 Å². The number of benzene rings is 1. The van der Waals surface area contributed by atoms with Crippen molar-refractivity contribution in [2.45, 2.75) is 26.3 Å². The molecule has 0 bridgehead atoms. The summed E-state index contributed by atoms with van der Waals surface area (Å²) in [5.74, 6) is -1.63. The molecule has 2 heterocycles. The first-order valence-corrected chi connectivity index (χ1v) is 8.85. The molecule has 0 unspecified atom stereocenters. The molecule has 1 aromatic carbocycles. The normalized spacial score (nSPS) is 11.0. The fourth-order valence-corrected chi connectivity index (χ4v) is 2.82. The lowest BCUT2D eigenvalue weighted by Gasteiger charge is -2.16. The van der Waals surface area contributed by atoms with Crippen molar-refractivity contribution in [3.05, 3.63) is 48.4 Å². The number of rotatable bonds is 3. The van der Waals surface area contributed by atoms with Gasteiger partial charge in [0.15, 0.2) is 0 Å². The summed E-state index contributed by atoms with van der Waals surface area (Å²) in [7, 11) is 0. The average molecular weight is 388 g/mol. The van der Waals surface area contributed by atoms with Crippen LogP contribution in [0, 0.1) is 18.3 Å². The highest BCUT2D eigenvalue weighted by Crippen LogP contribution is 2.31. The zero-order valence-electron chi connectivity index (χ0n) is 16.3. The maximum Gasteiger partial charge on any atom is 0.314 e. The smallest absolute Gasteiger partial charge is 0.314 e. The minimum absolute atomic E-state index is 0.201. The molecule has 0 fully saturated rings. The van der Waals surface area contributed by atoms with E-state index in [1.165, 1.54) is 20.0 Å². The van der Waals surface area contributed by atoms with Gasteiger partial charge in [-0.2, -0.15) is 5.26 Å². The quantitative estimate of drug-likeness (QED) is 0.466. The Morgan fingerprint density at radius 3 is 2.62 bits per heavy atom. The molecule has 2 amide bonds. The first-order chi connectivity index (χ1) is 13.7. The van der Waals surface area contributed by atoms with E-state index in [2.05, 4.69) is 20.6 Å². The van der Waals surface area contributed by atoms with E-state index in [4.69, 9.17) is 11.0 Å². The van der Waals surface area contributed by atoms with Crippen LogP contribution in [0.1, 0.15) is 19.4 Å². The second-order valence-corrected chi connectivity index (χ2v) is 7.19. The highest BCUT2D eigenvalue weighted by atomic mass is 16.2. The fourth-order valence-electron chi connectivity index (χ4n) is 2.82. The van der Waals surface area contributed by atoms with Crippen molar-refractivity contribution in [1.29, 1.82) is 5.26 Å². The first kappa shape index (κ1) is 19.8. The van der Waals surface area contributed by atoms with Crippen LogP contribution in [0.25, 0.3) is 21.9 Å². The largest absolute Gasteiger partial charge is 0.398 e. The number of nitrogens with zero attached hydrogens (tertiary/aromatic N) is 3. The van der Waals surface area contributed by atoms with Gasteiger partial charge >= 0.3 is 11.8 Å². The van der Waals surface area contributed by atoms with Gasteiger partial charge in [0.1, 0.15) is 11.4 Å². The Labute approximate surface area is 167 Å². The van der Waals surface area contributed by atoms with E-state index >= 15 is 0 Å². The Hall–Kier alpha value is -3.99. The Balaban J connectivity index is 1.91. The van der Waals surface area contributed by atoms with Gasteiger partial charge in [0.05, 0.1) is 6.07 Å². The number of hydrogen-bond donors (Lipinski definition) is 3. The number of hydrogen-bond acceptors (Lipinski definition) is 6. The molecular formula is C21H20N6O2. The molecule has 0 aliphatic heterocycles. The molecule has 0 aliphatic rings. The molecule has 146 valence electrons. The van der Waals surface area contributed by atoms with Gasteiger partial charge in [-0.15, -0.1) is 0 Å². The molecule has 0 atom stereocenters. The third-order valence-corrected chi connectivity index (χ3v) is 4.37. The summed E-state index contributed by atoms with van der Waals surface area (Å²) in [6, 6.07) is 9.23. The second-order valence-electron chi connectivity index (χ2n) is 7.19. The van der Waals surface area contributed by atoms with Crippen LogP contribution < -0.4 is 16.4 Å². The summed E-state index contributed by atoms with van der Waals surface area (Å²) in [5.41, 5.74) is 8.46. The summed E-state index contributed by atoms with van der Waals surface area (Å²) >= 11 is 0. The maximum absolute atomic E-state index is 12.1. The molecule has 0 saturated carbocycles. The van der Waals surface area contributed by atoms with E-state index in [1.54, 1.807) is 18.5 Å².